The predicted molar refractivity (Wildman–Crippen MR) is 67.9 cm³/mol. The third-order valence-electron chi connectivity index (χ3n) is 2.56. The summed E-state index contributed by atoms with van der Waals surface area (Å²) in [6.45, 7) is 7.72. The van der Waals surface area contributed by atoms with Crippen LogP contribution in [-0.2, 0) is 10.3 Å². The van der Waals surface area contributed by atoms with Gasteiger partial charge in [0, 0.05) is 17.9 Å². The molecule has 6 heteroatoms. The minimum atomic E-state index is -1.01. The SMILES string of the molecule is CC(C)(C)NC1=NC(C)(c2cnccn2)C(=O)N1. The Labute approximate surface area is 106 Å². The van der Waals surface area contributed by atoms with Crippen molar-refractivity contribution < 1.29 is 4.79 Å². The summed E-state index contributed by atoms with van der Waals surface area (Å²) >= 11 is 0. The van der Waals surface area contributed by atoms with Crippen LogP contribution < -0.4 is 10.6 Å². The molecule has 0 aliphatic carbocycles. The van der Waals surface area contributed by atoms with Gasteiger partial charge in [0.1, 0.15) is 0 Å². The normalized spacial score (nSPS) is 23.6. The van der Waals surface area contributed by atoms with Crippen molar-refractivity contribution in [2.75, 3.05) is 0 Å². The van der Waals surface area contributed by atoms with E-state index in [4.69, 9.17) is 0 Å². The van der Waals surface area contributed by atoms with Crippen LogP contribution in [0.4, 0.5) is 0 Å². The fraction of sp³-hybridized carbons (Fsp3) is 0.500. The second-order valence-electron chi connectivity index (χ2n) is 5.45. The van der Waals surface area contributed by atoms with E-state index in [1.54, 1.807) is 25.5 Å². The Morgan fingerprint density at radius 3 is 2.61 bits per heavy atom. The first kappa shape index (κ1) is 12.5. The number of hydrogen-bond donors (Lipinski definition) is 2. The highest BCUT2D eigenvalue weighted by Crippen LogP contribution is 2.26. The number of guanidine groups is 1. The van der Waals surface area contributed by atoms with Crippen LogP contribution in [0.2, 0.25) is 0 Å². The van der Waals surface area contributed by atoms with Crippen molar-refractivity contribution in [2.45, 2.75) is 38.8 Å². The van der Waals surface area contributed by atoms with E-state index < -0.39 is 5.54 Å². The number of carbonyl (C=O) groups excluding carboxylic acids is 1. The second-order valence-corrected chi connectivity index (χ2v) is 5.45. The number of hydrogen-bond acceptors (Lipinski definition) is 5. The topological polar surface area (TPSA) is 79.3 Å². The van der Waals surface area contributed by atoms with E-state index in [9.17, 15) is 4.79 Å². The van der Waals surface area contributed by atoms with Crippen molar-refractivity contribution >= 4 is 11.9 Å². The van der Waals surface area contributed by atoms with Crippen molar-refractivity contribution in [3.05, 3.63) is 24.3 Å². The highest BCUT2D eigenvalue weighted by Gasteiger charge is 2.42. The molecule has 1 atom stereocenters. The van der Waals surface area contributed by atoms with E-state index >= 15 is 0 Å². The number of carbonyl (C=O) groups is 1. The number of aliphatic imine (C=N–C) groups is 1. The Morgan fingerprint density at radius 1 is 1.33 bits per heavy atom. The van der Waals surface area contributed by atoms with Crippen LogP contribution >= 0.6 is 0 Å². The molecule has 0 bridgehead atoms. The first-order valence-electron chi connectivity index (χ1n) is 5.77. The van der Waals surface area contributed by atoms with Crippen LogP contribution in [0.5, 0.6) is 0 Å². The predicted octanol–water partition coefficient (Wildman–Crippen LogP) is 0.566. The first-order chi connectivity index (χ1) is 8.31. The summed E-state index contributed by atoms with van der Waals surface area (Å²) in [5.41, 5.74) is -0.644. The monoisotopic (exact) mass is 247 g/mol. The average molecular weight is 247 g/mol. The molecule has 1 aliphatic heterocycles. The average Bonchev–Trinajstić information content (AvgIpc) is 2.54. The standard InChI is InChI=1S/C12H17N5O/c1-11(2,3)16-10-15-9(18)12(4,17-10)8-7-13-5-6-14-8/h5-7H,1-4H3,(H2,15,16,17,18). The molecule has 1 aromatic rings. The van der Waals surface area contributed by atoms with Gasteiger partial charge in [-0.15, -0.1) is 0 Å². The van der Waals surface area contributed by atoms with Gasteiger partial charge in [-0.1, -0.05) is 0 Å². The van der Waals surface area contributed by atoms with Gasteiger partial charge in [0.05, 0.1) is 11.9 Å². The summed E-state index contributed by atoms with van der Waals surface area (Å²) in [4.78, 5) is 24.6. The van der Waals surface area contributed by atoms with Gasteiger partial charge in [0.15, 0.2) is 11.5 Å². The molecule has 1 unspecified atom stereocenters. The third-order valence-corrected chi connectivity index (χ3v) is 2.56. The molecule has 0 saturated heterocycles. The van der Waals surface area contributed by atoms with Crippen LogP contribution in [0.3, 0.4) is 0 Å². The zero-order valence-electron chi connectivity index (χ0n) is 11.0. The maximum Gasteiger partial charge on any atom is 0.260 e. The minimum absolute atomic E-state index is 0.167. The largest absolute Gasteiger partial charge is 0.351 e. The molecule has 2 rings (SSSR count). The Morgan fingerprint density at radius 2 is 2.06 bits per heavy atom. The number of rotatable bonds is 1. The molecule has 0 aromatic carbocycles. The van der Waals surface area contributed by atoms with Crippen LogP contribution in [-0.4, -0.2) is 27.4 Å². The molecule has 1 aliphatic rings. The minimum Gasteiger partial charge on any atom is -0.351 e. The Kier molecular flexibility index (Phi) is 2.80. The number of nitrogens with one attached hydrogen (secondary N) is 2. The highest BCUT2D eigenvalue weighted by molar-refractivity contribution is 6.07. The van der Waals surface area contributed by atoms with Crippen molar-refractivity contribution in [1.82, 2.24) is 20.6 Å². The van der Waals surface area contributed by atoms with Gasteiger partial charge in [0.2, 0.25) is 0 Å². The van der Waals surface area contributed by atoms with E-state index in [-0.39, 0.29) is 11.4 Å². The molecule has 2 N–H and O–H groups in total. The Balaban J connectivity index is 2.31. The van der Waals surface area contributed by atoms with Crippen LogP contribution in [0.15, 0.2) is 23.6 Å². The molecule has 0 fully saturated rings. The van der Waals surface area contributed by atoms with E-state index in [1.807, 2.05) is 20.8 Å². The van der Waals surface area contributed by atoms with Crippen molar-refractivity contribution in [1.29, 1.82) is 0 Å². The summed E-state index contributed by atoms with van der Waals surface area (Å²) in [5, 5.41) is 5.87. The van der Waals surface area contributed by atoms with Gasteiger partial charge in [-0.25, -0.2) is 4.99 Å². The fourth-order valence-corrected chi connectivity index (χ4v) is 1.67. The third kappa shape index (κ3) is 2.32. The zero-order valence-corrected chi connectivity index (χ0v) is 11.0. The fourth-order valence-electron chi connectivity index (χ4n) is 1.67. The first-order valence-corrected chi connectivity index (χ1v) is 5.77. The second kappa shape index (κ2) is 4.04. The summed E-state index contributed by atoms with van der Waals surface area (Å²) in [7, 11) is 0. The molecular formula is C12H17N5O. The van der Waals surface area contributed by atoms with Crippen molar-refractivity contribution in [2.24, 2.45) is 4.99 Å². The van der Waals surface area contributed by atoms with E-state index in [1.165, 1.54) is 0 Å². The lowest BCUT2D eigenvalue weighted by molar-refractivity contribution is -0.123. The molecule has 2 heterocycles. The number of amides is 1. The molecule has 1 aromatic heterocycles. The lowest BCUT2D eigenvalue weighted by Crippen LogP contribution is -2.47. The number of aromatic nitrogens is 2. The molecule has 0 saturated carbocycles. The molecule has 96 valence electrons. The Hall–Kier alpha value is -1.98. The summed E-state index contributed by atoms with van der Waals surface area (Å²) in [6.07, 6.45) is 4.68. The quantitative estimate of drug-likeness (QED) is 0.760. The molecule has 0 spiro atoms. The Bertz CT molecular complexity index is 491. The van der Waals surface area contributed by atoms with Crippen LogP contribution in [0, 0.1) is 0 Å². The van der Waals surface area contributed by atoms with Gasteiger partial charge in [0.25, 0.3) is 5.91 Å². The molecule has 6 nitrogen and oxygen atoms in total. The van der Waals surface area contributed by atoms with E-state index in [0.29, 0.717) is 11.7 Å². The van der Waals surface area contributed by atoms with Crippen LogP contribution in [0.1, 0.15) is 33.4 Å². The molecule has 1 amide bonds. The van der Waals surface area contributed by atoms with Crippen molar-refractivity contribution in [3.63, 3.8) is 0 Å². The maximum absolute atomic E-state index is 12.1. The maximum atomic E-state index is 12.1. The molecular weight excluding hydrogens is 230 g/mol. The summed E-state index contributed by atoms with van der Waals surface area (Å²) in [6, 6.07) is 0. The van der Waals surface area contributed by atoms with E-state index in [0.717, 1.165) is 0 Å². The highest BCUT2D eigenvalue weighted by atomic mass is 16.2. The van der Waals surface area contributed by atoms with Gasteiger partial charge < -0.3 is 5.32 Å². The summed E-state index contributed by atoms with van der Waals surface area (Å²) in [5.74, 6) is 0.274. The van der Waals surface area contributed by atoms with Crippen LogP contribution in [0.25, 0.3) is 0 Å². The molecule has 0 radical (unpaired) electrons. The van der Waals surface area contributed by atoms with Gasteiger partial charge in [-0.2, -0.15) is 0 Å². The van der Waals surface area contributed by atoms with E-state index in [2.05, 4.69) is 25.6 Å². The van der Waals surface area contributed by atoms with Gasteiger partial charge in [-0.05, 0) is 27.7 Å². The van der Waals surface area contributed by atoms with Gasteiger partial charge >= 0.3 is 0 Å². The lowest BCUT2D eigenvalue weighted by Gasteiger charge is -2.21. The molecule has 18 heavy (non-hydrogen) atoms. The summed E-state index contributed by atoms with van der Waals surface area (Å²) < 4.78 is 0. The number of nitrogens with zero attached hydrogens (tertiary/aromatic N) is 3. The zero-order chi connectivity index (χ0) is 13.4. The smallest absolute Gasteiger partial charge is 0.260 e. The van der Waals surface area contributed by atoms with Crippen molar-refractivity contribution in [3.8, 4) is 0 Å². The van der Waals surface area contributed by atoms with Gasteiger partial charge in [-0.3, -0.25) is 20.1 Å². The lowest BCUT2D eigenvalue weighted by atomic mass is 9.99.